The molecule has 0 saturated heterocycles. The highest BCUT2D eigenvalue weighted by molar-refractivity contribution is 6.17. The molecule has 0 spiro atoms. The lowest BCUT2D eigenvalue weighted by Crippen LogP contribution is -2.36. The SMILES string of the molecule is Cc1cccc2c1CCC(=O)N2CCCCl. The molecule has 1 amide bonds. The van der Waals surface area contributed by atoms with Gasteiger partial charge in [-0.3, -0.25) is 4.79 Å². The molecule has 0 atom stereocenters. The van der Waals surface area contributed by atoms with Crippen LogP contribution >= 0.6 is 11.6 Å². The summed E-state index contributed by atoms with van der Waals surface area (Å²) in [7, 11) is 0. The van der Waals surface area contributed by atoms with Crippen molar-refractivity contribution in [3.8, 4) is 0 Å². The molecule has 0 unspecified atom stereocenters. The van der Waals surface area contributed by atoms with E-state index in [1.54, 1.807) is 0 Å². The number of carbonyl (C=O) groups is 1. The number of alkyl halides is 1. The van der Waals surface area contributed by atoms with E-state index in [9.17, 15) is 4.79 Å². The van der Waals surface area contributed by atoms with E-state index in [1.807, 2.05) is 17.0 Å². The van der Waals surface area contributed by atoms with Crippen LogP contribution in [0.4, 0.5) is 5.69 Å². The molecule has 0 saturated carbocycles. The number of amides is 1. The van der Waals surface area contributed by atoms with Crippen LogP contribution in [0.3, 0.4) is 0 Å². The third-order valence-corrected chi connectivity index (χ3v) is 3.35. The molecule has 0 aromatic heterocycles. The molecule has 0 aliphatic carbocycles. The summed E-state index contributed by atoms with van der Waals surface area (Å²) in [4.78, 5) is 13.7. The number of hydrogen-bond acceptors (Lipinski definition) is 1. The number of hydrogen-bond donors (Lipinski definition) is 0. The van der Waals surface area contributed by atoms with Crippen LogP contribution in [0, 0.1) is 6.92 Å². The highest BCUT2D eigenvalue weighted by Gasteiger charge is 2.24. The van der Waals surface area contributed by atoms with Gasteiger partial charge in [0.05, 0.1) is 0 Å². The van der Waals surface area contributed by atoms with Crippen molar-refractivity contribution in [3.63, 3.8) is 0 Å². The fraction of sp³-hybridized carbons (Fsp3) is 0.462. The Morgan fingerprint density at radius 2 is 2.19 bits per heavy atom. The van der Waals surface area contributed by atoms with Crippen LogP contribution in [-0.2, 0) is 11.2 Å². The van der Waals surface area contributed by atoms with Gasteiger partial charge in [-0.05, 0) is 37.0 Å². The number of halogens is 1. The maximum Gasteiger partial charge on any atom is 0.227 e. The van der Waals surface area contributed by atoms with Crippen molar-refractivity contribution < 1.29 is 4.79 Å². The second-order valence-electron chi connectivity index (χ2n) is 4.16. The van der Waals surface area contributed by atoms with E-state index in [0.717, 1.165) is 25.1 Å². The van der Waals surface area contributed by atoms with Crippen molar-refractivity contribution in [2.24, 2.45) is 0 Å². The Kier molecular flexibility index (Phi) is 3.49. The summed E-state index contributed by atoms with van der Waals surface area (Å²) in [5, 5.41) is 0. The zero-order valence-corrected chi connectivity index (χ0v) is 10.3. The van der Waals surface area contributed by atoms with Gasteiger partial charge in [-0.25, -0.2) is 0 Å². The predicted molar refractivity (Wildman–Crippen MR) is 67.2 cm³/mol. The molecule has 0 bridgehead atoms. The zero-order chi connectivity index (χ0) is 11.5. The van der Waals surface area contributed by atoms with Gasteiger partial charge in [0.25, 0.3) is 0 Å². The molecule has 3 heteroatoms. The number of carbonyl (C=O) groups excluding carboxylic acids is 1. The average Bonchev–Trinajstić information content (AvgIpc) is 2.28. The van der Waals surface area contributed by atoms with Crippen molar-refractivity contribution >= 4 is 23.2 Å². The summed E-state index contributed by atoms with van der Waals surface area (Å²) >= 11 is 5.69. The third-order valence-electron chi connectivity index (χ3n) is 3.08. The summed E-state index contributed by atoms with van der Waals surface area (Å²) < 4.78 is 0. The fourth-order valence-corrected chi connectivity index (χ4v) is 2.35. The van der Waals surface area contributed by atoms with Crippen LogP contribution < -0.4 is 4.90 Å². The molecule has 1 heterocycles. The first kappa shape index (κ1) is 11.5. The molecule has 0 fully saturated rings. The lowest BCUT2D eigenvalue weighted by Gasteiger charge is -2.30. The first-order valence-electron chi connectivity index (χ1n) is 5.69. The average molecular weight is 238 g/mol. The van der Waals surface area contributed by atoms with E-state index in [-0.39, 0.29) is 5.91 Å². The number of rotatable bonds is 3. The van der Waals surface area contributed by atoms with Gasteiger partial charge < -0.3 is 4.90 Å². The summed E-state index contributed by atoms with van der Waals surface area (Å²) in [6, 6.07) is 6.16. The molecule has 86 valence electrons. The van der Waals surface area contributed by atoms with Crippen LogP contribution in [-0.4, -0.2) is 18.3 Å². The van der Waals surface area contributed by atoms with Gasteiger partial charge in [0.2, 0.25) is 5.91 Å². The summed E-state index contributed by atoms with van der Waals surface area (Å²) in [5.41, 5.74) is 3.68. The first-order chi connectivity index (χ1) is 7.74. The van der Waals surface area contributed by atoms with Gasteiger partial charge in [0.1, 0.15) is 0 Å². The molecule has 0 N–H and O–H groups in total. The van der Waals surface area contributed by atoms with Crippen LogP contribution in [0.1, 0.15) is 24.0 Å². The van der Waals surface area contributed by atoms with Crippen molar-refractivity contribution in [1.82, 2.24) is 0 Å². The Morgan fingerprint density at radius 3 is 2.94 bits per heavy atom. The van der Waals surface area contributed by atoms with Gasteiger partial charge in [0, 0.05) is 24.5 Å². The molecule has 16 heavy (non-hydrogen) atoms. The van der Waals surface area contributed by atoms with Gasteiger partial charge >= 0.3 is 0 Å². The van der Waals surface area contributed by atoms with E-state index >= 15 is 0 Å². The molecular weight excluding hydrogens is 222 g/mol. The van der Waals surface area contributed by atoms with E-state index < -0.39 is 0 Å². The first-order valence-corrected chi connectivity index (χ1v) is 6.22. The Balaban J connectivity index is 2.32. The quantitative estimate of drug-likeness (QED) is 0.741. The van der Waals surface area contributed by atoms with Gasteiger partial charge in [-0.15, -0.1) is 11.6 Å². The largest absolute Gasteiger partial charge is 0.312 e. The Labute approximate surface area is 101 Å². The smallest absolute Gasteiger partial charge is 0.227 e. The predicted octanol–water partition coefficient (Wildman–Crippen LogP) is 2.90. The summed E-state index contributed by atoms with van der Waals surface area (Å²) in [6.07, 6.45) is 2.35. The van der Waals surface area contributed by atoms with Crippen LogP contribution in [0.25, 0.3) is 0 Å². The molecule has 1 aliphatic heterocycles. The van der Waals surface area contributed by atoms with Crippen molar-refractivity contribution in [3.05, 3.63) is 29.3 Å². The lowest BCUT2D eigenvalue weighted by molar-refractivity contribution is -0.118. The maximum absolute atomic E-state index is 11.9. The number of fused-ring (bicyclic) bond motifs is 1. The zero-order valence-electron chi connectivity index (χ0n) is 9.50. The van der Waals surface area contributed by atoms with Gasteiger partial charge in [-0.1, -0.05) is 12.1 Å². The van der Waals surface area contributed by atoms with E-state index in [0.29, 0.717) is 12.3 Å². The Hall–Kier alpha value is -1.02. The summed E-state index contributed by atoms with van der Waals surface area (Å²) in [5.74, 6) is 0.827. The second-order valence-corrected chi connectivity index (χ2v) is 4.54. The monoisotopic (exact) mass is 237 g/mol. The van der Waals surface area contributed by atoms with E-state index in [2.05, 4.69) is 13.0 Å². The summed E-state index contributed by atoms with van der Waals surface area (Å²) in [6.45, 7) is 2.84. The Bertz CT molecular complexity index is 403. The number of anilines is 1. The third kappa shape index (κ3) is 2.07. The minimum absolute atomic E-state index is 0.225. The van der Waals surface area contributed by atoms with Crippen molar-refractivity contribution in [1.29, 1.82) is 0 Å². The normalized spacial score (nSPS) is 15.1. The minimum atomic E-state index is 0.225. The lowest BCUT2D eigenvalue weighted by atomic mass is 9.96. The second kappa shape index (κ2) is 4.88. The number of benzene rings is 1. The number of aryl methyl sites for hydroxylation is 1. The van der Waals surface area contributed by atoms with E-state index in [4.69, 9.17) is 11.6 Å². The topological polar surface area (TPSA) is 20.3 Å². The van der Waals surface area contributed by atoms with Gasteiger partial charge in [-0.2, -0.15) is 0 Å². The highest BCUT2D eigenvalue weighted by atomic mass is 35.5. The standard InChI is InChI=1S/C13H16ClNO/c1-10-4-2-5-12-11(10)6-7-13(16)15(12)9-3-8-14/h2,4-5H,3,6-9H2,1H3. The van der Waals surface area contributed by atoms with Crippen molar-refractivity contribution in [2.45, 2.75) is 26.2 Å². The molecule has 0 radical (unpaired) electrons. The molecular formula is C13H16ClNO. The molecule has 1 aromatic rings. The maximum atomic E-state index is 11.9. The van der Waals surface area contributed by atoms with E-state index in [1.165, 1.54) is 11.1 Å². The molecule has 2 rings (SSSR count). The fourth-order valence-electron chi connectivity index (χ4n) is 2.23. The molecule has 1 aliphatic rings. The minimum Gasteiger partial charge on any atom is -0.312 e. The Morgan fingerprint density at radius 1 is 1.38 bits per heavy atom. The van der Waals surface area contributed by atoms with Crippen molar-refractivity contribution in [2.75, 3.05) is 17.3 Å². The van der Waals surface area contributed by atoms with Crippen LogP contribution in [0.15, 0.2) is 18.2 Å². The molecule has 1 aromatic carbocycles. The molecule has 2 nitrogen and oxygen atoms in total. The van der Waals surface area contributed by atoms with Crippen LogP contribution in [0.5, 0.6) is 0 Å². The highest BCUT2D eigenvalue weighted by Crippen LogP contribution is 2.30. The van der Waals surface area contributed by atoms with Crippen LogP contribution in [0.2, 0.25) is 0 Å². The number of nitrogens with zero attached hydrogens (tertiary/aromatic N) is 1. The van der Waals surface area contributed by atoms with Gasteiger partial charge in [0.15, 0.2) is 0 Å².